The molecule has 1 atom stereocenters. The Morgan fingerprint density at radius 2 is 1.25 bits per heavy atom. The first-order valence-electron chi connectivity index (χ1n) is 10.1. The molecule has 0 spiro atoms. The Labute approximate surface area is 149 Å². The summed E-state index contributed by atoms with van der Waals surface area (Å²) in [6, 6.07) is 11.0. The Balaban J connectivity index is 1.88. The van der Waals surface area contributed by atoms with Gasteiger partial charge in [-0.05, 0) is 18.4 Å². The third-order valence-electron chi connectivity index (χ3n) is 5.02. The van der Waals surface area contributed by atoms with E-state index in [1.165, 1.54) is 70.0 Å². The minimum atomic E-state index is 0.510. The lowest BCUT2D eigenvalue weighted by Crippen LogP contribution is -2.41. The number of rotatable bonds is 12. The van der Waals surface area contributed by atoms with Crippen LogP contribution in [-0.4, -0.2) is 29.1 Å². The molecule has 2 rings (SSSR count). The van der Waals surface area contributed by atoms with Gasteiger partial charge in [-0.25, -0.2) is 0 Å². The average molecular weight is 329 g/mol. The molecule has 1 aliphatic rings. The zero-order valence-electron chi connectivity index (χ0n) is 15.8. The minimum Gasteiger partial charge on any atom is -0.356 e. The molecule has 24 heavy (non-hydrogen) atoms. The summed E-state index contributed by atoms with van der Waals surface area (Å²) in [5.41, 5.74) is 1.45. The van der Waals surface area contributed by atoms with Crippen LogP contribution in [0.5, 0.6) is 0 Å². The Hall–Kier alpha value is -1.44. The normalized spacial score (nSPS) is 17.0. The van der Waals surface area contributed by atoms with Gasteiger partial charge in [-0.3, -0.25) is 0 Å². The van der Waals surface area contributed by atoms with E-state index >= 15 is 0 Å². The van der Waals surface area contributed by atoms with E-state index in [4.69, 9.17) is 0 Å². The third kappa shape index (κ3) is 6.22. The van der Waals surface area contributed by atoms with Gasteiger partial charge in [0, 0.05) is 31.9 Å². The molecular weight excluding hydrogens is 292 g/mol. The zero-order chi connectivity index (χ0) is 17.0. The molecule has 0 fully saturated rings. The first-order valence-corrected chi connectivity index (χ1v) is 10.1. The number of unbranched alkanes of at least 4 members (excludes halogenated alkanes) is 6. The predicted octanol–water partition coefficient (Wildman–Crippen LogP) is 5.80. The highest BCUT2D eigenvalue weighted by molar-refractivity contribution is 5.17. The first kappa shape index (κ1) is 18.9. The second-order valence-corrected chi connectivity index (χ2v) is 7.07. The Bertz CT molecular complexity index is 454. The smallest absolute Gasteiger partial charge is 0.105 e. The number of nitrogens with zero attached hydrogens (tertiary/aromatic N) is 2. The lowest BCUT2D eigenvalue weighted by atomic mass is 10.1. The van der Waals surface area contributed by atoms with E-state index in [0.29, 0.717) is 6.17 Å². The maximum atomic E-state index is 2.57. The van der Waals surface area contributed by atoms with Gasteiger partial charge >= 0.3 is 0 Å². The average Bonchev–Trinajstić information content (AvgIpc) is 2.98. The van der Waals surface area contributed by atoms with E-state index in [0.717, 1.165) is 6.42 Å². The lowest BCUT2D eigenvalue weighted by Gasteiger charge is -2.33. The van der Waals surface area contributed by atoms with E-state index < -0.39 is 0 Å². The quantitative estimate of drug-likeness (QED) is 0.447. The second kappa shape index (κ2) is 11.2. The van der Waals surface area contributed by atoms with Gasteiger partial charge < -0.3 is 9.80 Å². The molecule has 134 valence electrons. The van der Waals surface area contributed by atoms with Crippen molar-refractivity contribution in [1.29, 1.82) is 0 Å². The third-order valence-corrected chi connectivity index (χ3v) is 5.02. The highest BCUT2D eigenvalue weighted by Crippen LogP contribution is 2.22. The SMILES string of the molecule is CCCCCCCN1C=CN(CCCCC)C1Cc1ccccc1. The van der Waals surface area contributed by atoms with Gasteiger partial charge in [0.15, 0.2) is 0 Å². The van der Waals surface area contributed by atoms with Crippen LogP contribution >= 0.6 is 0 Å². The van der Waals surface area contributed by atoms with E-state index in [1.54, 1.807) is 0 Å². The highest BCUT2D eigenvalue weighted by atomic mass is 15.4. The van der Waals surface area contributed by atoms with E-state index in [9.17, 15) is 0 Å². The van der Waals surface area contributed by atoms with Crippen molar-refractivity contribution in [2.75, 3.05) is 13.1 Å². The van der Waals surface area contributed by atoms with Gasteiger partial charge in [0.05, 0.1) is 0 Å². The number of benzene rings is 1. The number of hydrogen-bond acceptors (Lipinski definition) is 2. The largest absolute Gasteiger partial charge is 0.356 e. The van der Waals surface area contributed by atoms with Gasteiger partial charge in [0.25, 0.3) is 0 Å². The number of hydrogen-bond donors (Lipinski definition) is 0. The fourth-order valence-corrected chi connectivity index (χ4v) is 3.51. The van der Waals surface area contributed by atoms with Crippen LogP contribution in [0.4, 0.5) is 0 Å². The van der Waals surface area contributed by atoms with Gasteiger partial charge in [-0.15, -0.1) is 0 Å². The van der Waals surface area contributed by atoms with E-state index in [2.05, 4.69) is 66.4 Å². The summed E-state index contributed by atoms with van der Waals surface area (Å²) in [7, 11) is 0. The Morgan fingerprint density at radius 3 is 1.88 bits per heavy atom. The van der Waals surface area contributed by atoms with Crippen molar-refractivity contribution in [2.24, 2.45) is 0 Å². The van der Waals surface area contributed by atoms with Crippen molar-refractivity contribution in [3.05, 3.63) is 48.3 Å². The lowest BCUT2D eigenvalue weighted by molar-refractivity contribution is 0.148. The molecular formula is C22H36N2. The molecule has 0 saturated heterocycles. The second-order valence-electron chi connectivity index (χ2n) is 7.07. The molecule has 0 N–H and O–H groups in total. The summed E-state index contributed by atoms with van der Waals surface area (Å²) in [6.07, 6.45) is 17.0. The monoisotopic (exact) mass is 328 g/mol. The molecule has 0 amide bonds. The molecule has 0 radical (unpaired) electrons. The van der Waals surface area contributed by atoms with E-state index in [-0.39, 0.29) is 0 Å². The van der Waals surface area contributed by atoms with Crippen molar-refractivity contribution >= 4 is 0 Å². The fraction of sp³-hybridized carbons (Fsp3) is 0.636. The summed E-state index contributed by atoms with van der Waals surface area (Å²) in [6.45, 7) is 6.95. The van der Waals surface area contributed by atoms with Gasteiger partial charge in [-0.2, -0.15) is 0 Å². The molecule has 1 aromatic rings. The summed E-state index contributed by atoms with van der Waals surface area (Å²) >= 11 is 0. The van der Waals surface area contributed by atoms with Gasteiger partial charge in [-0.1, -0.05) is 82.7 Å². The van der Waals surface area contributed by atoms with Crippen LogP contribution in [0.1, 0.15) is 70.8 Å². The molecule has 1 heterocycles. The summed E-state index contributed by atoms with van der Waals surface area (Å²) in [4.78, 5) is 5.14. The van der Waals surface area contributed by atoms with Crippen LogP contribution < -0.4 is 0 Å². The fourth-order valence-electron chi connectivity index (χ4n) is 3.51. The van der Waals surface area contributed by atoms with Crippen LogP contribution in [0, 0.1) is 0 Å². The van der Waals surface area contributed by atoms with Crippen LogP contribution in [0.2, 0.25) is 0 Å². The van der Waals surface area contributed by atoms with Crippen LogP contribution in [-0.2, 0) is 6.42 Å². The highest BCUT2D eigenvalue weighted by Gasteiger charge is 2.25. The minimum absolute atomic E-state index is 0.510. The van der Waals surface area contributed by atoms with Crippen LogP contribution in [0.3, 0.4) is 0 Å². The molecule has 0 aliphatic carbocycles. The predicted molar refractivity (Wildman–Crippen MR) is 105 cm³/mol. The first-order chi connectivity index (χ1) is 11.8. The molecule has 2 nitrogen and oxygen atoms in total. The van der Waals surface area contributed by atoms with E-state index in [1.807, 2.05) is 0 Å². The molecule has 0 saturated carbocycles. The molecule has 0 aromatic heterocycles. The van der Waals surface area contributed by atoms with Crippen molar-refractivity contribution in [2.45, 2.75) is 77.8 Å². The molecule has 0 bridgehead atoms. The van der Waals surface area contributed by atoms with Crippen molar-refractivity contribution in [3.8, 4) is 0 Å². The van der Waals surface area contributed by atoms with Gasteiger partial charge in [0.2, 0.25) is 0 Å². The molecule has 2 heteroatoms. The summed E-state index contributed by atoms with van der Waals surface area (Å²) < 4.78 is 0. The standard InChI is InChI=1S/C22H36N2/c1-3-5-7-8-13-17-24-19-18-23(16-12-6-4-2)22(24)20-21-14-10-9-11-15-21/h9-11,14-15,18-19,22H,3-8,12-13,16-17,20H2,1-2H3. The maximum absolute atomic E-state index is 2.57. The van der Waals surface area contributed by atoms with Crippen molar-refractivity contribution in [1.82, 2.24) is 9.80 Å². The zero-order valence-corrected chi connectivity index (χ0v) is 15.8. The molecule has 1 aliphatic heterocycles. The molecule has 1 aromatic carbocycles. The Kier molecular flexibility index (Phi) is 8.80. The maximum Gasteiger partial charge on any atom is 0.105 e. The summed E-state index contributed by atoms with van der Waals surface area (Å²) in [5, 5.41) is 0. The van der Waals surface area contributed by atoms with Gasteiger partial charge in [0.1, 0.15) is 6.17 Å². The van der Waals surface area contributed by atoms with Crippen molar-refractivity contribution < 1.29 is 0 Å². The van der Waals surface area contributed by atoms with Crippen molar-refractivity contribution in [3.63, 3.8) is 0 Å². The molecule has 1 unspecified atom stereocenters. The van der Waals surface area contributed by atoms with Crippen LogP contribution in [0.15, 0.2) is 42.7 Å². The Morgan fingerprint density at radius 1 is 0.708 bits per heavy atom. The van der Waals surface area contributed by atoms with Crippen LogP contribution in [0.25, 0.3) is 0 Å². The summed E-state index contributed by atoms with van der Waals surface area (Å²) in [5.74, 6) is 0. The topological polar surface area (TPSA) is 6.48 Å².